The monoisotopic (exact) mass is 315 g/mol. The molecule has 0 atom stereocenters. The second kappa shape index (κ2) is 7.09. The van der Waals surface area contributed by atoms with Crippen LogP contribution in [-0.4, -0.2) is 28.9 Å². The van der Waals surface area contributed by atoms with Gasteiger partial charge >= 0.3 is 0 Å². The van der Waals surface area contributed by atoms with E-state index in [0.717, 1.165) is 5.56 Å². The summed E-state index contributed by atoms with van der Waals surface area (Å²) in [6.45, 7) is 5.59. The van der Waals surface area contributed by atoms with Crippen molar-refractivity contribution in [1.29, 1.82) is 0 Å². The van der Waals surface area contributed by atoms with Gasteiger partial charge in [0.05, 0.1) is 18.7 Å². The Hall–Kier alpha value is -2.63. The molecule has 2 N–H and O–H groups in total. The van der Waals surface area contributed by atoms with Crippen molar-refractivity contribution < 1.29 is 14.0 Å². The van der Waals surface area contributed by atoms with Gasteiger partial charge in [-0.05, 0) is 32.9 Å². The Kier molecular flexibility index (Phi) is 5.16. The van der Waals surface area contributed by atoms with E-state index in [1.807, 2.05) is 51.1 Å². The number of rotatable bonds is 5. The van der Waals surface area contributed by atoms with Gasteiger partial charge in [-0.25, -0.2) is 4.98 Å². The lowest BCUT2D eigenvalue weighted by atomic mass is 10.1. The lowest BCUT2D eigenvalue weighted by Crippen LogP contribution is -2.46. The van der Waals surface area contributed by atoms with Crippen molar-refractivity contribution in [1.82, 2.24) is 15.6 Å². The average molecular weight is 315 g/mol. The van der Waals surface area contributed by atoms with Crippen LogP contribution >= 0.6 is 0 Å². The fourth-order valence-corrected chi connectivity index (χ4v) is 1.97. The molecule has 0 spiro atoms. The van der Waals surface area contributed by atoms with E-state index in [1.165, 1.54) is 6.26 Å². The Morgan fingerprint density at radius 1 is 1.13 bits per heavy atom. The van der Waals surface area contributed by atoms with Gasteiger partial charge in [-0.15, -0.1) is 0 Å². The van der Waals surface area contributed by atoms with E-state index in [4.69, 9.17) is 4.42 Å². The van der Waals surface area contributed by atoms with Crippen LogP contribution in [0.15, 0.2) is 41.0 Å². The number of carbonyl (C=O) groups excluding carboxylic acids is 2. The summed E-state index contributed by atoms with van der Waals surface area (Å²) in [5, 5.41) is 5.35. The molecule has 6 nitrogen and oxygen atoms in total. The third kappa shape index (κ3) is 5.58. The van der Waals surface area contributed by atoms with Gasteiger partial charge in [-0.3, -0.25) is 9.59 Å². The van der Waals surface area contributed by atoms with Crippen LogP contribution in [0.5, 0.6) is 0 Å². The van der Waals surface area contributed by atoms with Crippen molar-refractivity contribution in [2.75, 3.05) is 6.54 Å². The molecule has 2 rings (SSSR count). The van der Waals surface area contributed by atoms with Gasteiger partial charge in [0, 0.05) is 11.1 Å². The van der Waals surface area contributed by atoms with Crippen LogP contribution in [0.3, 0.4) is 0 Å². The minimum absolute atomic E-state index is 0.0561. The fourth-order valence-electron chi connectivity index (χ4n) is 1.97. The molecule has 2 amide bonds. The quantitative estimate of drug-likeness (QED) is 0.883. The number of hydrogen-bond donors (Lipinski definition) is 2. The summed E-state index contributed by atoms with van der Waals surface area (Å²) in [4.78, 5) is 27.8. The summed E-state index contributed by atoms with van der Waals surface area (Å²) in [6, 6.07) is 9.45. The van der Waals surface area contributed by atoms with E-state index in [2.05, 4.69) is 15.6 Å². The van der Waals surface area contributed by atoms with Gasteiger partial charge in [0.25, 0.3) is 0 Å². The third-order valence-corrected chi connectivity index (χ3v) is 2.87. The molecule has 122 valence electrons. The molecular formula is C17H21N3O3. The number of nitrogens with one attached hydrogen (secondary N) is 2. The molecule has 1 heterocycles. The topological polar surface area (TPSA) is 84.2 Å². The van der Waals surface area contributed by atoms with Gasteiger partial charge in [0.15, 0.2) is 0 Å². The first-order chi connectivity index (χ1) is 10.8. The van der Waals surface area contributed by atoms with Crippen LogP contribution < -0.4 is 10.6 Å². The number of carbonyl (C=O) groups is 2. The molecule has 0 aliphatic heterocycles. The highest BCUT2D eigenvalue weighted by atomic mass is 16.3. The van der Waals surface area contributed by atoms with Crippen molar-refractivity contribution in [3.63, 3.8) is 0 Å². The highest BCUT2D eigenvalue weighted by Gasteiger charge is 2.15. The molecule has 23 heavy (non-hydrogen) atoms. The average Bonchev–Trinajstić information content (AvgIpc) is 2.93. The van der Waals surface area contributed by atoms with Crippen molar-refractivity contribution in [3.05, 3.63) is 42.3 Å². The van der Waals surface area contributed by atoms with Gasteiger partial charge in [-0.1, -0.05) is 18.2 Å². The van der Waals surface area contributed by atoms with Gasteiger partial charge in [0.2, 0.25) is 17.7 Å². The molecular weight excluding hydrogens is 294 g/mol. The first kappa shape index (κ1) is 16.7. The SMILES string of the molecule is CC(C)(C)NC(=O)CNC(=O)Cc1coc(-c2ccccc2)n1. The maximum absolute atomic E-state index is 11.9. The van der Waals surface area contributed by atoms with Crippen LogP contribution in [0.25, 0.3) is 11.5 Å². The number of hydrogen-bond acceptors (Lipinski definition) is 4. The third-order valence-electron chi connectivity index (χ3n) is 2.87. The number of aromatic nitrogens is 1. The highest BCUT2D eigenvalue weighted by molar-refractivity contribution is 5.85. The molecule has 0 fully saturated rings. The van der Waals surface area contributed by atoms with Crippen molar-refractivity contribution in [2.45, 2.75) is 32.7 Å². The summed E-state index contributed by atoms with van der Waals surface area (Å²) < 4.78 is 5.37. The highest BCUT2D eigenvalue weighted by Crippen LogP contribution is 2.17. The van der Waals surface area contributed by atoms with E-state index in [1.54, 1.807) is 0 Å². The fraction of sp³-hybridized carbons (Fsp3) is 0.353. The van der Waals surface area contributed by atoms with E-state index in [0.29, 0.717) is 11.6 Å². The minimum atomic E-state index is -0.321. The summed E-state index contributed by atoms with van der Waals surface area (Å²) >= 11 is 0. The van der Waals surface area contributed by atoms with E-state index >= 15 is 0 Å². The van der Waals surface area contributed by atoms with E-state index in [-0.39, 0.29) is 30.3 Å². The zero-order chi connectivity index (χ0) is 16.9. The molecule has 0 unspecified atom stereocenters. The second-order valence-electron chi connectivity index (χ2n) is 6.26. The predicted octanol–water partition coefficient (Wildman–Crippen LogP) is 1.91. The Labute approximate surface area is 135 Å². The number of benzene rings is 1. The standard InChI is InChI=1S/C17H21N3O3/c1-17(2,3)20-15(22)10-18-14(21)9-13-11-23-16(19-13)12-7-5-4-6-8-12/h4-8,11H,9-10H2,1-3H3,(H,18,21)(H,20,22). The molecule has 0 aliphatic carbocycles. The molecule has 0 saturated heterocycles. The smallest absolute Gasteiger partial charge is 0.239 e. The molecule has 0 aliphatic rings. The van der Waals surface area contributed by atoms with Crippen LogP contribution in [0.4, 0.5) is 0 Å². The number of nitrogens with zero attached hydrogens (tertiary/aromatic N) is 1. The predicted molar refractivity (Wildman–Crippen MR) is 86.5 cm³/mol. The first-order valence-electron chi connectivity index (χ1n) is 7.41. The maximum atomic E-state index is 11.9. The zero-order valence-electron chi connectivity index (χ0n) is 13.6. The molecule has 0 radical (unpaired) electrons. The van der Waals surface area contributed by atoms with Crippen LogP contribution in [0, 0.1) is 0 Å². The number of amides is 2. The lowest BCUT2D eigenvalue weighted by molar-refractivity contribution is -0.126. The Morgan fingerprint density at radius 3 is 2.48 bits per heavy atom. The first-order valence-corrected chi connectivity index (χ1v) is 7.41. The Bertz CT molecular complexity index is 672. The van der Waals surface area contributed by atoms with Crippen LogP contribution in [0.1, 0.15) is 26.5 Å². The second-order valence-corrected chi connectivity index (χ2v) is 6.26. The van der Waals surface area contributed by atoms with Gasteiger partial charge < -0.3 is 15.1 Å². The molecule has 1 aromatic carbocycles. The van der Waals surface area contributed by atoms with E-state index in [9.17, 15) is 9.59 Å². The van der Waals surface area contributed by atoms with Crippen molar-refractivity contribution in [2.24, 2.45) is 0 Å². The van der Waals surface area contributed by atoms with Gasteiger partial charge in [-0.2, -0.15) is 0 Å². The number of oxazole rings is 1. The largest absolute Gasteiger partial charge is 0.444 e. The maximum Gasteiger partial charge on any atom is 0.239 e. The Morgan fingerprint density at radius 2 is 1.83 bits per heavy atom. The van der Waals surface area contributed by atoms with Crippen LogP contribution in [0.2, 0.25) is 0 Å². The lowest BCUT2D eigenvalue weighted by Gasteiger charge is -2.20. The molecule has 6 heteroatoms. The molecule has 0 bridgehead atoms. The minimum Gasteiger partial charge on any atom is -0.444 e. The van der Waals surface area contributed by atoms with Gasteiger partial charge in [0.1, 0.15) is 6.26 Å². The summed E-state index contributed by atoms with van der Waals surface area (Å²) in [5.74, 6) is -0.0307. The van der Waals surface area contributed by atoms with Crippen molar-refractivity contribution in [3.8, 4) is 11.5 Å². The molecule has 0 saturated carbocycles. The summed E-state index contributed by atoms with van der Waals surface area (Å²) in [7, 11) is 0. The normalized spacial score (nSPS) is 11.1. The van der Waals surface area contributed by atoms with E-state index < -0.39 is 0 Å². The zero-order valence-corrected chi connectivity index (χ0v) is 13.6. The Balaban J connectivity index is 1.84. The summed E-state index contributed by atoms with van der Waals surface area (Å²) in [6.07, 6.45) is 1.52. The van der Waals surface area contributed by atoms with Crippen molar-refractivity contribution >= 4 is 11.8 Å². The molecule has 1 aromatic heterocycles. The summed E-state index contributed by atoms with van der Waals surface area (Å²) in [5.41, 5.74) is 1.06. The molecule has 2 aromatic rings. The van der Waals surface area contributed by atoms with Crippen LogP contribution in [-0.2, 0) is 16.0 Å².